The topological polar surface area (TPSA) is 52.7 Å². The summed E-state index contributed by atoms with van der Waals surface area (Å²) >= 11 is 0. The first-order valence-electron chi connectivity index (χ1n) is 6.13. The molecule has 3 aliphatic heterocycles. The fraction of sp³-hybridized carbons (Fsp3) is 0.818. The number of carbonyl (C=O) groups excluding carboxylic acids is 2. The van der Waals surface area contributed by atoms with E-state index in [0.29, 0.717) is 0 Å². The molecule has 0 aromatic carbocycles. The molecule has 0 spiro atoms. The highest BCUT2D eigenvalue weighted by molar-refractivity contribution is 6.04. The Bertz CT molecular complexity index is 303. The molecule has 3 rings (SSSR count). The second-order valence-corrected chi connectivity index (χ2v) is 4.82. The standard InChI is InChI=1S/C11H17N3O2/c15-10-9-2-1-7-13(9)11(16)14(10)8-3-5-12-6-4-8/h8-9,12H,1-7H2/t9-/m0/s1. The normalized spacial score (nSPS) is 31.4. The van der Waals surface area contributed by atoms with Gasteiger partial charge < -0.3 is 10.2 Å². The quantitative estimate of drug-likeness (QED) is 0.644. The predicted octanol–water partition coefficient (Wildman–Crippen LogP) is 0.165. The van der Waals surface area contributed by atoms with E-state index in [1.165, 1.54) is 4.90 Å². The summed E-state index contributed by atoms with van der Waals surface area (Å²) in [5.41, 5.74) is 0. The maximum Gasteiger partial charge on any atom is 0.327 e. The smallest absolute Gasteiger partial charge is 0.317 e. The molecule has 0 aliphatic carbocycles. The summed E-state index contributed by atoms with van der Waals surface area (Å²) in [6, 6.07) is -0.0476. The highest BCUT2D eigenvalue weighted by Crippen LogP contribution is 2.30. The number of piperidine rings is 1. The van der Waals surface area contributed by atoms with E-state index in [0.717, 1.165) is 45.3 Å². The number of amides is 3. The lowest BCUT2D eigenvalue weighted by Crippen LogP contribution is -2.47. The molecule has 0 aromatic heterocycles. The molecule has 3 aliphatic rings. The van der Waals surface area contributed by atoms with Gasteiger partial charge >= 0.3 is 6.03 Å². The van der Waals surface area contributed by atoms with E-state index in [1.54, 1.807) is 4.90 Å². The van der Waals surface area contributed by atoms with Gasteiger partial charge in [0, 0.05) is 12.6 Å². The van der Waals surface area contributed by atoms with E-state index in [1.807, 2.05) is 0 Å². The van der Waals surface area contributed by atoms with Gasteiger partial charge in [-0.05, 0) is 38.8 Å². The Balaban J connectivity index is 1.80. The average molecular weight is 223 g/mol. The van der Waals surface area contributed by atoms with Crippen LogP contribution in [0, 0.1) is 0 Å². The number of nitrogens with one attached hydrogen (secondary N) is 1. The van der Waals surface area contributed by atoms with Gasteiger partial charge in [-0.25, -0.2) is 4.79 Å². The Morgan fingerprint density at radius 2 is 1.88 bits per heavy atom. The van der Waals surface area contributed by atoms with Crippen molar-refractivity contribution < 1.29 is 9.59 Å². The van der Waals surface area contributed by atoms with Gasteiger partial charge in [0.2, 0.25) is 0 Å². The molecule has 16 heavy (non-hydrogen) atoms. The lowest BCUT2D eigenvalue weighted by molar-refractivity contribution is -0.129. The summed E-state index contributed by atoms with van der Waals surface area (Å²) in [5.74, 6) is 0.0504. The van der Waals surface area contributed by atoms with Gasteiger partial charge in [-0.1, -0.05) is 0 Å². The number of carbonyl (C=O) groups is 2. The summed E-state index contributed by atoms with van der Waals surface area (Å²) in [6.07, 6.45) is 3.63. The first-order valence-corrected chi connectivity index (χ1v) is 6.13. The van der Waals surface area contributed by atoms with E-state index in [4.69, 9.17) is 0 Å². The van der Waals surface area contributed by atoms with E-state index in [2.05, 4.69) is 5.32 Å². The molecule has 3 fully saturated rings. The first kappa shape index (κ1) is 10.1. The van der Waals surface area contributed by atoms with E-state index >= 15 is 0 Å². The van der Waals surface area contributed by atoms with Crippen molar-refractivity contribution in [3.63, 3.8) is 0 Å². The Morgan fingerprint density at radius 1 is 1.12 bits per heavy atom. The summed E-state index contributed by atoms with van der Waals surface area (Å²) in [6.45, 7) is 2.58. The van der Waals surface area contributed by atoms with Crippen LogP contribution in [0.25, 0.3) is 0 Å². The van der Waals surface area contributed by atoms with Crippen LogP contribution in [0.4, 0.5) is 4.79 Å². The molecule has 0 unspecified atom stereocenters. The fourth-order valence-electron chi connectivity index (χ4n) is 3.05. The minimum Gasteiger partial charge on any atom is -0.317 e. The molecule has 3 amide bonds. The molecule has 0 bridgehead atoms. The Morgan fingerprint density at radius 3 is 2.56 bits per heavy atom. The van der Waals surface area contributed by atoms with Gasteiger partial charge in [-0.15, -0.1) is 0 Å². The van der Waals surface area contributed by atoms with Crippen LogP contribution in [0.5, 0.6) is 0 Å². The van der Waals surface area contributed by atoms with Crippen molar-refractivity contribution >= 4 is 11.9 Å². The highest BCUT2D eigenvalue weighted by Gasteiger charge is 2.49. The lowest BCUT2D eigenvalue weighted by atomic mass is 10.0. The highest BCUT2D eigenvalue weighted by atomic mass is 16.2. The monoisotopic (exact) mass is 223 g/mol. The number of rotatable bonds is 1. The van der Waals surface area contributed by atoms with E-state index in [9.17, 15) is 9.59 Å². The van der Waals surface area contributed by atoms with Gasteiger partial charge in [0.05, 0.1) is 0 Å². The SMILES string of the molecule is O=C1[C@@H]2CCCN2C(=O)N1C1CCNCC1. The van der Waals surface area contributed by atoms with Gasteiger partial charge in [-0.3, -0.25) is 9.69 Å². The zero-order valence-corrected chi connectivity index (χ0v) is 9.32. The van der Waals surface area contributed by atoms with Crippen molar-refractivity contribution in [1.29, 1.82) is 0 Å². The number of urea groups is 1. The Kier molecular flexibility index (Phi) is 2.35. The third kappa shape index (κ3) is 1.34. The minimum absolute atomic E-state index is 0.0422. The van der Waals surface area contributed by atoms with Crippen LogP contribution < -0.4 is 5.32 Å². The molecule has 0 radical (unpaired) electrons. The number of nitrogens with zero attached hydrogens (tertiary/aromatic N) is 2. The van der Waals surface area contributed by atoms with Crippen LogP contribution >= 0.6 is 0 Å². The molecule has 3 saturated heterocycles. The second-order valence-electron chi connectivity index (χ2n) is 4.82. The van der Waals surface area contributed by atoms with Gasteiger partial charge in [0.25, 0.3) is 5.91 Å². The van der Waals surface area contributed by atoms with Crippen molar-refractivity contribution in [3.05, 3.63) is 0 Å². The molecule has 0 aromatic rings. The maximum atomic E-state index is 12.1. The summed E-state index contributed by atoms with van der Waals surface area (Å²) in [4.78, 5) is 27.5. The molecular weight excluding hydrogens is 206 g/mol. The zero-order chi connectivity index (χ0) is 11.1. The number of fused-ring (bicyclic) bond motifs is 1. The summed E-state index contributed by atoms with van der Waals surface area (Å²) < 4.78 is 0. The predicted molar refractivity (Wildman–Crippen MR) is 57.9 cm³/mol. The van der Waals surface area contributed by atoms with Crippen molar-refractivity contribution in [3.8, 4) is 0 Å². The Labute approximate surface area is 94.8 Å². The molecule has 1 N–H and O–H groups in total. The van der Waals surface area contributed by atoms with Crippen LogP contribution in [0.15, 0.2) is 0 Å². The van der Waals surface area contributed by atoms with Crippen LogP contribution in [-0.2, 0) is 4.79 Å². The van der Waals surface area contributed by atoms with E-state index < -0.39 is 0 Å². The molecule has 88 valence electrons. The lowest BCUT2D eigenvalue weighted by Gasteiger charge is -2.29. The zero-order valence-electron chi connectivity index (χ0n) is 9.32. The molecule has 0 saturated carbocycles. The largest absolute Gasteiger partial charge is 0.327 e. The summed E-state index contributed by atoms with van der Waals surface area (Å²) in [5, 5.41) is 3.26. The average Bonchev–Trinajstić information content (AvgIpc) is 2.86. The van der Waals surface area contributed by atoms with Crippen LogP contribution in [0.1, 0.15) is 25.7 Å². The van der Waals surface area contributed by atoms with Gasteiger partial charge in [0.15, 0.2) is 0 Å². The number of hydrogen-bond acceptors (Lipinski definition) is 3. The summed E-state index contributed by atoms with van der Waals surface area (Å²) in [7, 11) is 0. The molecular formula is C11H17N3O2. The van der Waals surface area contributed by atoms with Crippen molar-refractivity contribution in [2.75, 3.05) is 19.6 Å². The van der Waals surface area contributed by atoms with Crippen LogP contribution in [0.2, 0.25) is 0 Å². The van der Waals surface area contributed by atoms with Gasteiger partial charge in [-0.2, -0.15) is 0 Å². The van der Waals surface area contributed by atoms with Crippen molar-refractivity contribution in [2.45, 2.75) is 37.8 Å². The second kappa shape index (κ2) is 3.73. The van der Waals surface area contributed by atoms with Crippen molar-refractivity contribution in [2.24, 2.45) is 0 Å². The first-order chi connectivity index (χ1) is 7.79. The van der Waals surface area contributed by atoms with Gasteiger partial charge in [0.1, 0.15) is 6.04 Å². The number of hydrogen-bond donors (Lipinski definition) is 1. The maximum absolute atomic E-state index is 12.1. The van der Waals surface area contributed by atoms with Crippen LogP contribution in [-0.4, -0.2) is 53.5 Å². The van der Waals surface area contributed by atoms with Crippen LogP contribution in [0.3, 0.4) is 0 Å². The third-order valence-electron chi connectivity index (χ3n) is 3.90. The van der Waals surface area contributed by atoms with Crippen molar-refractivity contribution in [1.82, 2.24) is 15.1 Å². The van der Waals surface area contributed by atoms with E-state index in [-0.39, 0.29) is 24.0 Å². The number of imide groups is 1. The fourth-order valence-corrected chi connectivity index (χ4v) is 3.05. The molecule has 3 heterocycles. The minimum atomic E-state index is -0.137. The molecule has 5 nitrogen and oxygen atoms in total. The molecule has 1 atom stereocenters. The Hall–Kier alpha value is -1.10. The molecule has 5 heteroatoms. The third-order valence-corrected chi connectivity index (χ3v) is 3.90.